The van der Waals surface area contributed by atoms with Gasteiger partial charge in [-0.2, -0.15) is 0 Å². The molecule has 100 valence electrons. The van der Waals surface area contributed by atoms with Crippen molar-refractivity contribution in [2.24, 2.45) is 0 Å². The summed E-state index contributed by atoms with van der Waals surface area (Å²) in [6.45, 7) is 3.54. The minimum absolute atomic E-state index is 0.00657. The molecule has 0 amide bonds. The van der Waals surface area contributed by atoms with E-state index in [-0.39, 0.29) is 33.2 Å². The molecule has 7 heteroatoms. The number of carbonyl (C=O) groups is 2. The number of thiophene rings is 1. The molecule has 1 aliphatic rings. The molecule has 0 radical (unpaired) electrons. The summed E-state index contributed by atoms with van der Waals surface area (Å²) in [7, 11) is 0. The number of fused-ring (bicyclic) bond motifs is 2. The van der Waals surface area contributed by atoms with Crippen LogP contribution in [-0.4, -0.2) is 21.5 Å². The first-order valence-electron chi connectivity index (χ1n) is 5.75. The van der Waals surface area contributed by atoms with Crippen molar-refractivity contribution in [3.05, 3.63) is 54.5 Å². The van der Waals surface area contributed by atoms with E-state index in [4.69, 9.17) is 0 Å². The molecule has 2 aromatic heterocycles. The molecule has 0 fully saturated rings. The van der Waals surface area contributed by atoms with Crippen LogP contribution < -0.4 is 0 Å². The van der Waals surface area contributed by atoms with Crippen molar-refractivity contribution in [3.8, 4) is 0 Å². The van der Waals surface area contributed by atoms with Gasteiger partial charge < -0.3 is 0 Å². The number of pyridine rings is 1. The van der Waals surface area contributed by atoms with Gasteiger partial charge in [-0.3, -0.25) is 24.7 Å². The molecule has 20 heavy (non-hydrogen) atoms. The van der Waals surface area contributed by atoms with Gasteiger partial charge in [-0.1, -0.05) is 0 Å². The number of nitrogens with zero attached hydrogens (tertiary/aromatic N) is 2. The second-order valence-corrected chi connectivity index (χ2v) is 5.41. The van der Waals surface area contributed by atoms with E-state index in [0.717, 1.165) is 16.9 Å². The van der Waals surface area contributed by atoms with Crippen molar-refractivity contribution in [1.29, 1.82) is 0 Å². The molecule has 0 aliphatic heterocycles. The number of aromatic nitrogens is 1. The molecular formula is C13H8N2O4S. The van der Waals surface area contributed by atoms with Crippen molar-refractivity contribution in [3.63, 3.8) is 0 Å². The lowest BCUT2D eigenvalue weighted by Crippen LogP contribution is -2.23. The van der Waals surface area contributed by atoms with Crippen molar-refractivity contribution in [1.82, 2.24) is 4.98 Å². The number of hydrogen-bond acceptors (Lipinski definition) is 6. The van der Waals surface area contributed by atoms with Crippen LogP contribution in [-0.2, 0) is 0 Å². The minimum atomic E-state index is -0.646. The third-order valence-electron chi connectivity index (χ3n) is 3.43. The van der Waals surface area contributed by atoms with Crippen LogP contribution in [0, 0.1) is 24.0 Å². The summed E-state index contributed by atoms with van der Waals surface area (Å²) >= 11 is 0.931. The van der Waals surface area contributed by atoms with Gasteiger partial charge in [0.25, 0.3) is 5.69 Å². The third kappa shape index (κ3) is 1.47. The highest BCUT2D eigenvalue weighted by molar-refractivity contribution is 7.13. The maximum atomic E-state index is 12.5. The molecule has 1 aliphatic carbocycles. The molecule has 2 aromatic rings. The largest absolute Gasteiger partial charge is 0.292 e. The van der Waals surface area contributed by atoms with Crippen molar-refractivity contribution in [2.45, 2.75) is 13.8 Å². The van der Waals surface area contributed by atoms with Gasteiger partial charge in [0.15, 0.2) is 0 Å². The lowest BCUT2D eigenvalue weighted by Gasteiger charge is -2.16. The van der Waals surface area contributed by atoms with E-state index in [1.165, 1.54) is 11.6 Å². The van der Waals surface area contributed by atoms with E-state index >= 15 is 0 Å². The number of rotatable bonds is 1. The molecule has 0 unspecified atom stereocenters. The average molecular weight is 288 g/mol. The normalized spacial score (nSPS) is 13.1. The van der Waals surface area contributed by atoms with E-state index in [1.807, 2.05) is 0 Å². The molecule has 6 nitrogen and oxygen atoms in total. The van der Waals surface area contributed by atoms with Crippen LogP contribution in [0.1, 0.15) is 42.4 Å². The topological polar surface area (TPSA) is 90.2 Å². The van der Waals surface area contributed by atoms with Crippen LogP contribution in [0.4, 0.5) is 5.69 Å². The number of nitro groups is 1. The van der Waals surface area contributed by atoms with Crippen LogP contribution in [0.5, 0.6) is 0 Å². The zero-order chi connectivity index (χ0) is 14.6. The van der Waals surface area contributed by atoms with Gasteiger partial charge in [0.2, 0.25) is 11.6 Å². The van der Waals surface area contributed by atoms with E-state index in [9.17, 15) is 19.7 Å². The Morgan fingerprint density at radius 3 is 2.55 bits per heavy atom. The summed E-state index contributed by atoms with van der Waals surface area (Å²) in [6.07, 6.45) is 1.50. The van der Waals surface area contributed by atoms with Crippen LogP contribution in [0.25, 0.3) is 0 Å². The standard InChI is InChI=1S/C13H8N2O4S/c1-5-3-14-10-8(6(5)2)12(17)13-9(11(10)16)7(4-20-13)15(18)19/h3-4H,1-2H3. The first kappa shape index (κ1) is 12.6. The first-order valence-corrected chi connectivity index (χ1v) is 6.63. The fourth-order valence-corrected chi connectivity index (χ4v) is 3.21. The zero-order valence-electron chi connectivity index (χ0n) is 10.6. The van der Waals surface area contributed by atoms with Gasteiger partial charge in [0.1, 0.15) is 11.3 Å². The molecule has 3 rings (SSSR count). The molecule has 0 saturated heterocycles. The van der Waals surface area contributed by atoms with E-state index in [0.29, 0.717) is 5.56 Å². The Kier molecular flexibility index (Phi) is 2.55. The maximum Gasteiger partial charge on any atom is 0.292 e. The molecule has 0 atom stereocenters. The SMILES string of the molecule is Cc1cnc2c(c1C)C(=O)c1scc([N+](=O)[O-])c1C2=O. The second-order valence-electron chi connectivity index (χ2n) is 4.53. The number of ketones is 2. The highest BCUT2D eigenvalue weighted by Crippen LogP contribution is 2.38. The molecule has 0 N–H and O–H groups in total. The molecular weight excluding hydrogens is 280 g/mol. The predicted octanol–water partition coefficient (Wildman–Crippen LogP) is 2.44. The lowest BCUT2D eigenvalue weighted by atomic mass is 9.88. The van der Waals surface area contributed by atoms with E-state index in [2.05, 4.69) is 4.98 Å². The molecule has 0 spiro atoms. The molecule has 0 aromatic carbocycles. The summed E-state index contributed by atoms with van der Waals surface area (Å²) in [5, 5.41) is 12.2. The maximum absolute atomic E-state index is 12.5. The third-order valence-corrected chi connectivity index (χ3v) is 4.40. The molecule has 0 saturated carbocycles. The summed E-state index contributed by atoms with van der Waals surface area (Å²) in [5.74, 6) is -0.910. The predicted molar refractivity (Wildman–Crippen MR) is 71.5 cm³/mol. The van der Waals surface area contributed by atoms with Crippen molar-refractivity contribution in [2.75, 3.05) is 0 Å². The Labute approximate surface area is 117 Å². The van der Waals surface area contributed by atoms with Crippen molar-refractivity contribution >= 4 is 28.6 Å². The Hall–Kier alpha value is -2.41. The fraction of sp³-hybridized carbons (Fsp3) is 0.154. The average Bonchev–Trinajstić information content (AvgIpc) is 2.84. The summed E-state index contributed by atoms with van der Waals surface area (Å²) in [4.78, 5) is 39.3. The lowest BCUT2D eigenvalue weighted by molar-refractivity contribution is -0.384. The number of hydrogen-bond donors (Lipinski definition) is 0. The van der Waals surface area contributed by atoms with E-state index in [1.54, 1.807) is 13.8 Å². The zero-order valence-corrected chi connectivity index (χ0v) is 11.4. The van der Waals surface area contributed by atoms with Gasteiger partial charge >= 0.3 is 0 Å². The van der Waals surface area contributed by atoms with Crippen LogP contribution >= 0.6 is 11.3 Å². The Morgan fingerprint density at radius 2 is 1.90 bits per heavy atom. The minimum Gasteiger partial charge on any atom is -0.288 e. The number of carbonyl (C=O) groups excluding carboxylic acids is 2. The monoisotopic (exact) mass is 288 g/mol. The van der Waals surface area contributed by atoms with Crippen molar-refractivity contribution < 1.29 is 14.5 Å². The fourth-order valence-electron chi connectivity index (χ4n) is 2.25. The highest BCUT2D eigenvalue weighted by atomic mass is 32.1. The van der Waals surface area contributed by atoms with E-state index < -0.39 is 10.7 Å². The summed E-state index contributed by atoms with van der Waals surface area (Å²) < 4.78 is 0. The van der Waals surface area contributed by atoms with Crippen LogP contribution in [0.2, 0.25) is 0 Å². The van der Waals surface area contributed by atoms with Gasteiger partial charge in [0.05, 0.1) is 20.7 Å². The van der Waals surface area contributed by atoms with Gasteiger partial charge in [-0.25, -0.2) is 0 Å². The van der Waals surface area contributed by atoms with Gasteiger partial charge in [-0.15, -0.1) is 11.3 Å². The quantitative estimate of drug-likeness (QED) is 0.506. The summed E-state index contributed by atoms with van der Waals surface area (Å²) in [5.41, 5.74) is 1.31. The smallest absolute Gasteiger partial charge is 0.288 e. The Bertz CT molecular complexity index is 807. The van der Waals surface area contributed by atoms with Gasteiger partial charge in [-0.05, 0) is 25.0 Å². The Balaban J connectivity index is 2.35. The molecule has 0 bridgehead atoms. The van der Waals surface area contributed by atoms with Crippen LogP contribution in [0.15, 0.2) is 11.6 Å². The highest BCUT2D eigenvalue weighted by Gasteiger charge is 2.39. The Morgan fingerprint density at radius 1 is 1.20 bits per heavy atom. The first-order chi connectivity index (χ1) is 9.43. The number of aryl methyl sites for hydroxylation is 1. The van der Waals surface area contributed by atoms with Gasteiger partial charge in [0, 0.05) is 6.20 Å². The van der Waals surface area contributed by atoms with Crippen LogP contribution in [0.3, 0.4) is 0 Å². The summed E-state index contributed by atoms with van der Waals surface area (Å²) in [6, 6.07) is 0. The molecule has 2 heterocycles. The second kappa shape index (κ2) is 4.04.